The van der Waals surface area contributed by atoms with E-state index >= 15 is 0 Å². The number of carbonyl (C=O) groups is 1. The zero-order valence-electron chi connectivity index (χ0n) is 14.6. The van der Waals surface area contributed by atoms with Crippen molar-refractivity contribution in [2.75, 3.05) is 10.6 Å². The third-order valence-electron chi connectivity index (χ3n) is 3.21. The van der Waals surface area contributed by atoms with Gasteiger partial charge in [-0.15, -0.1) is 0 Å². The lowest BCUT2D eigenvalue weighted by Gasteiger charge is -2.21. The zero-order valence-corrected chi connectivity index (χ0v) is 14.6. The van der Waals surface area contributed by atoms with E-state index in [1.807, 2.05) is 52.8 Å². The van der Waals surface area contributed by atoms with E-state index in [0.717, 1.165) is 16.8 Å². The van der Waals surface area contributed by atoms with Crippen molar-refractivity contribution < 1.29 is 4.79 Å². The first-order valence-electron chi connectivity index (χ1n) is 7.66. The molecule has 0 saturated carbocycles. The number of hydrogen-bond donors (Lipinski definition) is 2. The highest BCUT2D eigenvalue weighted by atomic mass is 16.1. The van der Waals surface area contributed by atoms with E-state index in [9.17, 15) is 4.79 Å². The highest BCUT2D eigenvalue weighted by molar-refractivity contribution is 6.03. The number of hydrogen-bond acceptors (Lipinski definition) is 4. The maximum Gasteiger partial charge on any atom is 0.274 e. The van der Waals surface area contributed by atoms with Crippen LogP contribution in [0.5, 0.6) is 0 Å². The minimum absolute atomic E-state index is 0.137. The Morgan fingerprint density at radius 2 is 1.74 bits per heavy atom. The van der Waals surface area contributed by atoms with Crippen molar-refractivity contribution in [2.24, 2.45) is 0 Å². The quantitative estimate of drug-likeness (QED) is 0.903. The van der Waals surface area contributed by atoms with Crippen molar-refractivity contribution in [2.45, 2.75) is 47.1 Å². The van der Waals surface area contributed by atoms with E-state index in [1.165, 1.54) is 0 Å². The Morgan fingerprint density at radius 3 is 2.39 bits per heavy atom. The van der Waals surface area contributed by atoms with Crippen molar-refractivity contribution in [3.8, 4) is 0 Å². The summed E-state index contributed by atoms with van der Waals surface area (Å²) in [6.07, 6.45) is 0. The van der Waals surface area contributed by atoms with Gasteiger partial charge in [0.1, 0.15) is 17.3 Å². The first-order chi connectivity index (χ1) is 10.6. The monoisotopic (exact) mass is 312 g/mol. The molecule has 2 aromatic rings. The van der Waals surface area contributed by atoms with Crippen LogP contribution in [0.2, 0.25) is 0 Å². The van der Waals surface area contributed by atoms with Crippen LogP contribution in [0.25, 0.3) is 0 Å². The Labute approximate surface area is 137 Å². The fraction of sp³-hybridized carbons (Fsp3) is 0.389. The summed E-state index contributed by atoms with van der Waals surface area (Å²) in [6, 6.07) is 7.64. The summed E-state index contributed by atoms with van der Waals surface area (Å²) in [6.45, 7) is 11.9. The number of nitrogens with zero attached hydrogens (tertiary/aromatic N) is 2. The Hall–Kier alpha value is -2.43. The van der Waals surface area contributed by atoms with Crippen molar-refractivity contribution in [1.29, 1.82) is 0 Å². The lowest BCUT2D eigenvalue weighted by atomic mass is 10.1. The molecule has 0 fully saturated rings. The molecule has 0 aliphatic carbocycles. The molecule has 122 valence electrons. The molecule has 1 aromatic carbocycles. The van der Waals surface area contributed by atoms with Crippen LogP contribution in [-0.4, -0.2) is 21.4 Å². The van der Waals surface area contributed by atoms with Crippen LogP contribution in [0.3, 0.4) is 0 Å². The number of benzene rings is 1. The maximum atomic E-state index is 12.5. The van der Waals surface area contributed by atoms with Gasteiger partial charge in [-0.2, -0.15) is 0 Å². The van der Waals surface area contributed by atoms with Crippen molar-refractivity contribution >= 4 is 17.4 Å². The number of anilines is 2. The van der Waals surface area contributed by atoms with Gasteiger partial charge in [0.2, 0.25) is 0 Å². The van der Waals surface area contributed by atoms with Crippen molar-refractivity contribution in [1.82, 2.24) is 9.97 Å². The van der Waals surface area contributed by atoms with Crippen LogP contribution in [0.15, 0.2) is 24.3 Å². The van der Waals surface area contributed by atoms with Crippen LogP contribution in [0.4, 0.5) is 11.5 Å². The molecule has 1 heterocycles. The third kappa shape index (κ3) is 4.77. The van der Waals surface area contributed by atoms with Crippen LogP contribution < -0.4 is 10.6 Å². The Balaban J connectivity index is 2.27. The summed E-state index contributed by atoms with van der Waals surface area (Å²) in [7, 11) is 0. The highest BCUT2D eigenvalue weighted by Gasteiger charge is 2.15. The van der Waals surface area contributed by atoms with Crippen LogP contribution in [0.1, 0.15) is 48.2 Å². The molecule has 0 spiro atoms. The summed E-state index contributed by atoms with van der Waals surface area (Å²) in [5.74, 6) is 0.975. The van der Waals surface area contributed by atoms with Gasteiger partial charge in [-0.1, -0.05) is 12.1 Å². The normalized spacial score (nSPS) is 11.2. The van der Waals surface area contributed by atoms with E-state index < -0.39 is 0 Å². The molecule has 23 heavy (non-hydrogen) atoms. The van der Waals surface area contributed by atoms with Gasteiger partial charge in [-0.05, 0) is 58.7 Å². The van der Waals surface area contributed by atoms with Gasteiger partial charge in [-0.3, -0.25) is 4.79 Å². The SMILES string of the molecule is Cc1ccc(C)c(NC(=O)c2cc(NC(C)(C)C)nc(C)n2)c1. The second-order valence-electron chi connectivity index (χ2n) is 6.83. The molecule has 5 nitrogen and oxygen atoms in total. The summed E-state index contributed by atoms with van der Waals surface area (Å²) in [5, 5.41) is 6.20. The molecular formula is C18H24N4O. The van der Waals surface area contributed by atoms with E-state index in [0.29, 0.717) is 17.3 Å². The molecule has 0 bridgehead atoms. The van der Waals surface area contributed by atoms with Gasteiger partial charge in [0.05, 0.1) is 0 Å². The fourth-order valence-electron chi connectivity index (χ4n) is 2.19. The molecule has 0 radical (unpaired) electrons. The smallest absolute Gasteiger partial charge is 0.274 e. The lowest BCUT2D eigenvalue weighted by molar-refractivity contribution is 0.102. The molecule has 0 aliphatic rings. The van der Waals surface area contributed by atoms with E-state index in [4.69, 9.17) is 0 Å². The molecule has 2 N–H and O–H groups in total. The predicted molar refractivity (Wildman–Crippen MR) is 94.0 cm³/mol. The largest absolute Gasteiger partial charge is 0.365 e. The summed E-state index contributed by atoms with van der Waals surface area (Å²) in [5.41, 5.74) is 3.13. The highest BCUT2D eigenvalue weighted by Crippen LogP contribution is 2.18. The van der Waals surface area contributed by atoms with Crippen LogP contribution >= 0.6 is 0 Å². The first-order valence-corrected chi connectivity index (χ1v) is 7.66. The van der Waals surface area contributed by atoms with Gasteiger partial charge in [0.25, 0.3) is 5.91 Å². The van der Waals surface area contributed by atoms with Gasteiger partial charge < -0.3 is 10.6 Å². The maximum absolute atomic E-state index is 12.5. The molecule has 0 aliphatic heterocycles. The molecule has 0 unspecified atom stereocenters. The average molecular weight is 312 g/mol. The molecule has 1 aromatic heterocycles. The standard InChI is InChI=1S/C18H24N4O/c1-11-7-8-12(2)14(9-11)21-17(23)15-10-16(20-13(3)19-15)22-18(4,5)6/h7-10H,1-6H3,(H,21,23)(H,19,20,22). The number of nitrogens with one attached hydrogen (secondary N) is 2. The zero-order chi connectivity index (χ0) is 17.2. The minimum Gasteiger partial charge on any atom is -0.365 e. The van der Waals surface area contributed by atoms with E-state index in [-0.39, 0.29) is 11.4 Å². The summed E-state index contributed by atoms with van der Waals surface area (Å²) in [4.78, 5) is 21.1. The van der Waals surface area contributed by atoms with E-state index in [1.54, 1.807) is 13.0 Å². The van der Waals surface area contributed by atoms with Crippen molar-refractivity contribution in [3.05, 3.63) is 46.9 Å². The number of aryl methyl sites for hydroxylation is 3. The number of amides is 1. The first kappa shape index (κ1) is 16.9. The topological polar surface area (TPSA) is 66.9 Å². The number of rotatable bonds is 3. The molecular weight excluding hydrogens is 288 g/mol. The Morgan fingerprint density at radius 1 is 1.04 bits per heavy atom. The molecule has 0 atom stereocenters. The minimum atomic E-state index is -0.235. The second kappa shape index (κ2) is 6.36. The lowest BCUT2D eigenvalue weighted by Crippen LogP contribution is -2.27. The molecule has 5 heteroatoms. The Bertz CT molecular complexity index is 732. The molecule has 2 rings (SSSR count). The van der Waals surface area contributed by atoms with Gasteiger partial charge in [0.15, 0.2) is 0 Å². The predicted octanol–water partition coefficient (Wildman–Crippen LogP) is 3.86. The van der Waals surface area contributed by atoms with Crippen LogP contribution in [0, 0.1) is 20.8 Å². The molecule has 1 amide bonds. The van der Waals surface area contributed by atoms with Crippen LogP contribution in [-0.2, 0) is 0 Å². The van der Waals surface area contributed by atoms with Gasteiger partial charge in [0, 0.05) is 17.3 Å². The fourth-order valence-corrected chi connectivity index (χ4v) is 2.19. The number of aromatic nitrogens is 2. The summed E-state index contributed by atoms with van der Waals surface area (Å²) < 4.78 is 0. The second-order valence-corrected chi connectivity index (χ2v) is 6.83. The Kier molecular flexibility index (Phi) is 4.68. The molecule has 0 saturated heterocycles. The van der Waals surface area contributed by atoms with Gasteiger partial charge >= 0.3 is 0 Å². The van der Waals surface area contributed by atoms with E-state index in [2.05, 4.69) is 20.6 Å². The summed E-state index contributed by atoms with van der Waals surface area (Å²) >= 11 is 0. The number of carbonyl (C=O) groups excluding carboxylic acids is 1. The van der Waals surface area contributed by atoms with Crippen molar-refractivity contribution in [3.63, 3.8) is 0 Å². The third-order valence-corrected chi connectivity index (χ3v) is 3.21. The van der Waals surface area contributed by atoms with Gasteiger partial charge in [-0.25, -0.2) is 9.97 Å². The average Bonchev–Trinajstić information content (AvgIpc) is 2.40.